The molecule has 0 unspecified atom stereocenters. The molecule has 1 atom stereocenters. The number of hydrogen-bond acceptors (Lipinski definition) is 5. The van der Waals surface area contributed by atoms with Crippen LogP contribution in [0.3, 0.4) is 0 Å². The molecule has 3 aromatic rings. The van der Waals surface area contributed by atoms with Crippen LogP contribution in [0.25, 0.3) is 11.4 Å². The molecule has 1 aromatic carbocycles. The molecular formula is C19H24N6OS. The average Bonchev–Trinajstić information content (AvgIpc) is 3.31. The number of nitrogens with one attached hydrogen (secondary N) is 2. The van der Waals surface area contributed by atoms with Gasteiger partial charge in [0.15, 0.2) is 5.82 Å². The molecular weight excluding hydrogens is 360 g/mol. The molecule has 8 heteroatoms. The minimum atomic E-state index is -0.341. The number of thioether (sulfide) groups is 1. The lowest BCUT2D eigenvalue weighted by atomic mass is 10.1. The largest absolute Gasteiger partial charge is 0.310 e. The first-order chi connectivity index (χ1) is 13.0. The van der Waals surface area contributed by atoms with Gasteiger partial charge in [-0.2, -0.15) is 5.10 Å². The molecule has 0 saturated heterocycles. The number of nitrogens with zero attached hydrogens (tertiary/aromatic N) is 4. The van der Waals surface area contributed by atoms with E-state index in [1.165, 1.54) is 17.3 Å². The first-order valence-corrected chi connectivity index (χ1v) is 9.88. The third-order valence-corrected chi connectivity index (χ3v) is 5.12. The topological polar surface area (TPSA) is 88.5 Å². The van der Waals surface area contributed by atoms with E-state index in [-0.39, 0.29) is 17.2 Å². The van der Waals surface area contributed by atoms with Crippen molar-refractivity contribution in [3.63, 3.8) is 0 Å². The second-order valence-electron chi connectivity index (χ2n) is 6.52. The lowest BCUT2D eigenvalue weighted by Gasteiger charge is -2.14. The summed E-state index contributed by atoms with van der Waals surface area (Å²) in [5, 5.41) is 14.5. The van der Waals surface area contributed by atoms with Crippen molar-refractivity contribution < 1.29 is 4.79 Å². The summed E-state index contributed by atoms with van der Waals surface area (Å²) < 4.78 is 1.78. The Morgan fingerprint density at radius 2 is 1.96 bits per heavy atom. The van der Waals surface area contributed by atoms with Crippen molar-refractivity contribution in [3.8, 4) is 11.4 Å². The minimum Gasteiger partial charge on any atom is -0.310 e. The summed E-state index contributed by atoms with van der Waals surface area (Å²) >= 11 is 1.32. The van der Waals surface area contributed by atoms with Crippen LogP contribution in [0.1, 0.15) is 39.3 Å². The molecule has 1 amide bonds. The summed E-state index contributed by atoms with van der Waals surface area (Å²) in [5.74, 6) is 1.28. The van der Waals surface area contributed by atoms with Crippen LogP contribution in [0, 0.1) is 0 Å². The van der Waals surface area contributed by atoms with Crippen molar-refractivity contribution in [1.29, 1.82) is 0 Å². The van der Waals surface area contributed by atoms with Crippen molar-refractivity contribution in [1.82, 2.24) is 25.0 Å². The zero-order valence-electron chi connectivity index (χ0n) is 15.9. The van der Waals surface area contributed by atoms with Gasteiger partial charge >= 0.3 is 0 Å². The number of rotatable bonds is 7. The molecule has 0 saturated carbocycles. The maximum Gasteiger partial charge on any atom is 0.238 e. The van der Waals surface area contributed by atoms with Crippen molar-refractivity contribution >= 4 is 23.5 Å². The smallest absolute Gasteiger partial charge is 0.238 e. The summed E-state index contributed by atoms with van der Waals surface area (Å²) in [6.45, 7) is 7.99. The van der Waals surface area contributed by atoms with E-state index in [1.54, 1.807) is 16.9 Å². The molecule has 142 valence electrons. The Bertz CT molecular complexity index is 899. The first kappa shape index (κ1) is 19.2. The lowest BCUT2D eigenvalue weighted by molar-refractivity contribution is -0.115. The zero-order valence-corrected chi connectivity index (χ0v) is 16.7. The number of amides is 1. The molecule has 7 nitrogen and oxygen atoms in total. The monoisotopic (exact) mass is 384 g/mol. The fourth-order valence-electron chi connectivity index (χ4n) is 2.59. The van der Waals surface area contributed by atoms with E-state index in [0.29, 0.717) is 16.8 Å². The Morgan fingerprint density at radius 3 is 2.63 bits per heavy atom. The maximum absolute atomic E-state index is 12.5. The molecule has 2 N–H and O–H groups in total. The fourth-order valence-corrected chi connectivity index (χ4v) is 3.32. The molecule has 2 heterocycles. The molecule has 2 aromatic heterocycles. The van der Waals surface area contributed by atoms with E-state index < -0.39 is 0 Å². The van der Waals surface area contributed by atoms with Gasteiger partial charge < -0.3 is 5.32 Å². The molecule has 0 spiro atoms. The average molecular weight is 385 g/mol. The van der Waals surface area contributed by atoms with E-state index in [9.17, 15) is 4.79 Å². The van der Waals surface area contributed by atoms with Gasteiger partial charge in [0, 0.05) is 17.7 Å². The fraction of sp³-hybridized carbons (Fsp3) is 0.368. The normalized spacial score (nSPS) is 12.3. The number of carbonyl (C=O) groups excluding carboxylic acids is 1. The SMILES string of the molecule is CCc1ccc(-c2nc(S[C@@H](C)C(=O)Nc3ccnn3C(C)C)n[nH]2)cc1. The molecule has 0 aliphatic carbocycles. The molecule has 0 aliphatic rings. The van der Waals surface area contributed by atoms with Crippen LogP contribution < -0.4 is 5.32 Å². The molecule has 27 heavy (non-hydrogen) atoms. The van der Waals surface area contributed by atoms with E-state index in [2.05, 4.69) is 44.7 Å². The van der Waals surface area contributed by atoms with E-state index in [4.69, 9.17) is 0 Å². The second-order valence-corrected chi connectivity index (χ2v) is 7.83. The van der Waals surface area contributed by atoms with Crippen LogP contribution in [0.15, 0.2) is 41.7 Å². The third-order valence-electron chi connectivity index (χ3n) is 4.16. The zero-order chi connectivity index (χ0) is 19.4. The van der Waals surface area contributed by atoms with Gasteiger partial charge in [-0.15, -0.1) is 5.10 Å². The van der Waals surface area contributed by atoms with Crippen LogP contribution >= 0.6 is 11.8 Å². The van der Waals surface area contributed by atoms with Crippen LogP contribution in [-0.4, -0.2) is 36.1 Å². The van der Waals surface area contributed by atoms with Crippen molar-refractivity contribution in [2.75, 3.05) is 5.32 Å². The predicted molar refractivity (Wildman–Crippen MR) is 108 cm³/mol. The van der Waals surface area contributed by atoms with Gasteiger partial charge in [-0.1, -0.05) is 43.0 Å². The Balaban J connectivity index is 1.63. The standard InChI is InChI=1S/C19H24N6OS/c1-5-14-6-8-15(9-7-14)17-22-19(24-23-17)27-13(4)18(26)21-16-10-11-20-25(16)12(2)3/h6-13H,5H2,1-4H3,(H,21,26)(H,22,23,24)/t13-/m0/s1. The van der Waals surface area contributed by atoms with Gasteiger partial charge in [0.1, 0.15) is 5.82 Å². The summed E-state index contributed by atoms with van der Waals surface area (Å²) in [6, 6.07) is 10.2. The maximum atomic E-state index is 12.5. The van der Waals surface area contributed by atoms with Gasteiger partial charge in [0.2, 0.25) is 11.1 Å². The highest BCUT2D eigenvalue weighted by Crippen LogP contribution is 2.24. The van der Waals surface area contributed by atoms with Crippen molar-refractivity contribution in [2.24, 2.45) is 0 Å². The van der Waals surface area contributed by atoms with Gasteiger partial charge in [-0.3, -0.25) is 9.89 Å². The predicted octanol–water partition coefficient (Wildman–Crippen LogP) is 3.93. The van der Waals surface area contributed by atoms with Crippen LogP contribution in [0.2, 0.25) is 0 Å². The number of aromatic amines is 1. The number of aromatic nitrogens is 5. The molecule has 0 radical (unpaired) electrons. The highest BCUT2D eigenvalue weighted by Gasteiger charge is 2.19. The van der Waals surface area contributed by atoms with Gasteiger partial charge in [-0.05, 0) is 32.8 Å². The minimum absolute atomic E-state index is 0.110. The van der Waals surface area contributed by atoms with Gasteiger partial charge in [-0.25, -0.2) is 9.67 Å². The number of benzene rings is 1. The summed E-state index contributed by atoms with van der Waals surface area (Å²) in [4.78, 5) is 17.0. The number of aryl methyl sites for hydroxylation is 1. The lowest BCUT2D eigenvalue weighted by Crippen LogP contribution is -2.24. The van der Waals surface area contributed by atoms with Crippen LogP contribution in [0.4, 0.5) is 5.82 Å². The van der Waals surface area contributed by atoms with Crippen molar-refractivity contribution in [3.05, 3.63) is 42.1 Å². The first-order valence-electron chi connectivity index (χ1n) is 9.00. The summed E-state index contributed by atoms with van der Waals surface area (Å²) in [7, 11) is 0. The second kappa shape index (κ2) is 8.39. The summed E-state index contributed by atoms with van der Waals surface area (Å²) in [6.07, 6.45) is 2.68. The molecule has 0 aliphatic heterocycles. The summed E-state index contributed by atoms with van der Waals surface area (Å²) in [5.41, 5.74) is 2.25. The number of hydrogen-bond donors (Lipinski definition) is 2. The van der Waals surface area contributed by atoms with Crippen molar-refractivity contribution in [2.45, 2.75) is 50.6 Å². The number of anilines is 1. The van der Waals surface area contributed by atoms with E-state index >= 15 is 0 Å². The quantitative estimate of drug-likeness (QED) is 0.603. The van der Waals surface area contributed by atoms with Crippen LogP contribution in [-0.2, 0) is 11.2 Å². The molecule has 0 fully saturated rings. The Labute approximate surface area is 163 Å². The molecule has 0 bridgehead atoms. The Morgan fingerprint density at radius 1 is 1.22 bits per heavy atom. The highest BCUT2D eigenvalue weighted by atomic mass is 32.2. The van der Waals surface area contributed by atoms with E-state index in [1.807, 2.05) is 32.9 Å². The highest BCUT2D eigenvalue weighted by molar-refractivity contribution is 8.00. The Hall–Kier alpha value is -2.61. The van der Waals surface area contributed by atoms with Gasteiger partial charge in [0.25, 0.3) is 0 Å². The third kappa shape index (κ3) is 4.57. The van der Waals surface area contributed by atoms with Gasteiger partial charge in [0.05, 0.1) is 11.4 Å². The molecule has 3 rings (SSSR count). The van der Waals surface area contributed by atoms with E-state index in [0.717, 1.165) is 12.0 Å². The Kier molecular flexibility index (Phi) is 5.95. The number of H-pyrrole nitrogens is 1. The van der Waals surface area contributed by atoms with Crippen LogP contribution in [0.5, 0.6) is 0 Å². The number of carbonyl (C=O) groups is 1.